The van der Waals surface area contributed by atoms with Gasteiger partial charge in [0.1, 0.15) is 4.90 Å². The Hall–Kier alpha value is -0.590. The lowest BCUT2D eigenvalue weighted by Crippen LogP contribution is -2.12. The van der Waals surface area contributed by atoms with Gasteiger partial charge in [0.25, 0.3) is 9.05 Å². The van der Waals surface area contributed by atoms with Gasteiger partial charge in [-0.1, -0.05) is 6.92 Å². The second-order valence-corrected chi connectivity index (χ2v) is 6.27. The average molecular weight is 281 g/mol. The molecule has 98 valence electrons. The van der Waals surface area contributed by atoms with Gasteiger partial charge in [0, 0.05) is 17.2 Å². The molecule has 0 radical (unpaired) electrons. The molecule has 0 aromatic carbocycles. The van der Waals surface area contributed by atoms with Crippen molar-refractivity contribution in [1.29, 1.82) is 0 Å². The van der Waals surface area contributed by atoms with E-state index in [0.717, 1.165) is 6.42 Å². The van der Waals surface area contributed by atoms with E-state index in [9.17, 15) is 8.42 Å². The Labute approximate surface area is 106 Å². The summed E-state index contributed by atoms with van der Waals surface area (Å²) in [6.45, 7) is 6.59. The number of rotatable bonds is 6. The quantitative estimate of drug-likeness (QED) is 0.749. The van der Waals surface area contributed by atoms with Crippen LogP contribution in [0.3, 0.4) is 0 Å². The van der Waals surface area contributed by atoms with Gasteiger partial charge < -0.3 is 4.74 Å². The van der Waals surface area contributed by atoms with Crippen LogP contribution in [0.15, 0.2) is 11.1 Å². The predicted octanol–water partition coefficient (Wildman–Crippen LogP) is 2.15. The number of aromatic nitrogens is 2. The lowest BCUT2D eigenvalue weighted by Gasteiger charge is -2.12. The molecule has 1 rings (SSSR count). The fourth-order valence-corrected chi connectivity index (χ4v) is 2.36. The third-order valence-corrected chi connectivity index (χ3v) is 3.92. The van der Waals surface area contributed by atoms with Crippen molar-refractivity contribution in [1.82, 2.24) is 9.78 Å². The van der Waals surface area contributed by atoms with E-state index in [-0.39, 0.29) is 17.6 Å². The number of ether oxygens (including phenoxy) is 1. The van der Waals surface area contributed by atoms with Crippen LogP contribution in [0.4, 0.5) is 0 Å². The Morgan fingerprint density at radius 3 is 2.65 bits per heavy atom. The second kappa shape index (κ2) is 5.84. The van der Waals surface area contributed by atoms with Gasteiger partial charge in [-0.15, -0.1) is 0 Å². The molecule has 0 bridgehead atoms. The summed E-state index contributed by atoms with van der Waals surface area (Å²) < 4.78 is 29.8. The third-order valence-electron chi connectivity index (χ3n) is 2.55. The number of halogens is 1. The molecule has 0 amide bonds. The molecule has 1 aromatic rings. The monoisotopic (exact) mass is 280 g/mol. The van der Waals surface area contributed by atoms with Gasteiger partial charge in [0.15, 0.2) is 0 Å². The maximum atomic E-state index is 11.4. The summed E-state index contributed by atoms with van der Waals surface area (Å²) in [7, 11) is 1.58. The van der Waals surface area contributed by atoms with E-state index in [1.807, 2.05) is 20.8 Å². The van der Waals surface area contributed by atoms with Crippen molar-refractivity contribution in [2.24, 2.45) is 0 Å². The minimum atomic E-state index is -3.77. The Balaban J connectivity index is 2.99. The molecule has 0 unspecified atom stereocenters. The first-order chi connectivity index (χ1) is 7.90. The first kappa shape index (κ1) is 14.5. The van der Waals surface area contributed by atoms with Crippen LogP contribution in [-0.2, 0) is 26.9 Å². The Kier molecular flexibility index (Phi) is 4.97. The molecular formula is C10H17ClN2O3S. The highest BCUT2D eigenvalue weighted by Crippen LogP contribution is 2.21. The van der Waals surface area contributed by atoms with Crippen molar-refractivity contribution < 1.29 is 13.2 Å². The third kappa shape index (κ3) is 3.69. The molecule has 1 heterocycles. The van der Waals surface area contributed by atoms with Crippen molar-refractivity contribution in [3.05, 3.63) is 11.9 Å². The van der Waals surface area contributed by atoms with Gasteiger partial charge in [0.05, 0.1) is 24.6 Å². The number of nitrogens with zero attached hydrogens (tertiary/aromatic N) is 2. The van der Waals surface area contributed by atoms with Gasteiger partial charge in [-0.2, -0.15) is 5.10 Å². The largest absolute Gasteiger partial charge is 0.372 e. The normalized spacial score (nSPS) is 13.9. The molecule has 0 N–H and O–H groups in total. The van der Waals surface area contributed by atoms with Crippen molar-refractivity contribution in [2.45, 2.75) is 51.3 Å². The molecule has 17 heavy (non-hydrogen) atoms. The Bertz CT molecular complexity index is 470. The first-order valence-electron chi connectivity index (χ1n) is 5.51. The van der Waals surface area contributed by atoms with Crippen LogP contribution in [0, 0.1) is 0 Å². The van der Waals surface area contributed by atoms with Crippen LogP contribution in [0.5, 0.6) is 0 Å². The van der Waals surface area contributed by atoms with Crippen LogP contribution in [-0.4, -0.2) is 24.3 Å². The highest BCUT2D eigenvalue weighted by atomic mass is 35.7. The van der Waals surface area contributed by atoms with Crippen LogP contribution < -0.4 is 0 Å². The maximum absolute atomic E-state index is 11.4. The van der Waals surface area contributed by atoms with E-state index in [1.165, 1.54) is 6.20 Å². The van der Waals surface area contributed by atoms with Crippen LogP contribution in [0.1, 0.15) is 32.9 Å². The first-order valence-corrected chi connectivity index (χ1v) is 7.82. The summed E-state index contributed by atoms with van der Waals surface area (Å²) in [5.41, 5.74) is 0.503. The lowest BCUT2D eigenvalue weighted by molar-refractivity contribution is 0.0454. The minimum absolute atomic E-state index is 0.0318. The smallest absolute Gasteiger partial charge is 0.264 e. The van der Waals surface area contributed by atoms with Crippen molar-refractivity contribution in [3.8, 4) is 0 Å². The molecule has 0 aliphatic rings. The van der Waals surface area contributed by atoms with Crippen LogP contribution in [0.2, 0.25) is 0 Å². The molecule has 7 heteroatoms. The zero-order valence-electron chi connectivity index (χ0n) is 10.2. The van der Waals surface area contributed by atoms with Gasteiger partial charge >= 0.3 is 0 Å². The van der Waals surface area contributed by atoms with Crippen LogP contribution in [0.25, 0.3) is 0 Å². The fourth-order valence-electron chi connectivity index (χ4n) is 1.35. The van der Waals surface area contributed by atoms with Crippen molar-refractivity contribution in [3.63, 3.8) is 0 Å². The predicted molar refractivity (Wildman–Crippen MR) is 65.5 cm³/mol. The van der Waals surface area contributed by atoms with E-state index in [1.54, 1.807) is 4.68 Å². The molecule has 1 atom stereocenters. The number of hydrogen-bond donors (Lipinski definition) is 0. The van der Waals surface area contributed by atoms with Crippen LogP contribution >= 0.6 is 10.7 Å². The molecule has 0 saturated carbocycles. The van der Waals surface area contributed by atoms with Gasteiger partial charge in [-0.25, -0.2) is 8.42 Å². The van der Waals surface area contributed by atoms with Crippen molar-refractivity contribution >= 4 is 19.7 Å². The molecule has 0 aliphatic heterocycles. The van der Waals surface area contributed by atoms with Crippen molar-refractivity contribution in [2.75, 3.05) is 0 Å². The summed E-state index contributed by atoms with van der Waals surface area (Å²) in [5, 5.41) is 3.98. The summed E-state index contributed by atoms with van der Waals surface area (Å²) in [6.07, 6.45) is 2.20. The van der Waals surface area contributed by atoms with E-state index >= 15 is 0 Å². The standard InChI is InChI=1S/C10H17ClN2O3S/c1-4-8(3)16-7-9-10(17(11,14)15)6-12-13(9)5-2/h6,8H,4-5,7H2,1-3H3/t8-/m1/s1. The van der Waals surface area contributed by atoms with E-state index in [0.29, 0.717) is 12.2 Å². The minimum Gasteiger partial charge on any atom is -0.372 e. The summed E-state index contributed by atoms with van der Waals surface area (Å²) in [5.74, 6) is 0. The maximum Gasteiger partial charge on any atom is 0.264 e. The van der Waals surface area contributed by atoms with E-state index in [2.05, 4.69) is 5.10 Å². The molecule has 0 spiro atoms. The molecular weight excluding hydrogens is 264 g/mol. The lowest BCUT2D eigenvalue weighted by atomic mass is 10.3. The molecule has 0 saturated heterocycles. The van der Waals surface area contributed by atoms with Gasteiger partial charge in [-0.3, -0.25) is 4.68 Å². The zero-order chi connectivity index (χ0) is 13.1. The van der Waals surface area contributed by atoms with Gasteiger partial charge in [-0.05, 0) is 20.3 Å². The number of hydrogen-bond acceptors (Lipinski definition) is 4. The summed E-state index contributed by atoms with van der Waals surface area (Å²) in [6, 6.07) is 0. The Morgan fingerprint density at radius 2 is 2.18 bits per heavy atom. The average Bonchev–Trinajstić information content (AvgIpc) is 2.68. The fraction of sp³-hybridized carbons (Fsp3) is 0.700. The SMILES string of the molecule is CC[C@@H](C)OCc1c(S(=O)(=O)Cl)cnn1CC. The van der Waals surface area contributed by atoms with E-state index in [4.69, 9.17) is 15.4 Å². The summed E-state index contributed by atoms with van der Waals surface area (Å²) >= 11 is 0. The molecule has 0 fully saturated rings. The molecule has 0 aliphatic carbocycles. The Morgan fingerprint density at radius 1 is 1.53 bits per heavy atom. The van der Waals surface area contributed by atoms with Gasteiger partial charge in [0.2, 0.25) is 0 Å². The number of aryl methyl sites for hydroxylation is 1. The highest BCUT2D eigenvalue weighted by molar-refractivity contribution is 8.13. The zero-order valence-corrected chi connectivity index (χ0v) is 11.8. The topological polar surface area (TPSA) is 61.2 Å². The second-order valence-electron chi connectivity index (χ2n) is 3.74. The highest BCUT2D eigenvalue weighted by Gasteiger charge is 2.21. The molecule has 1 aromatic heterocycles. The molecule has 5 nitrogen and oxygen atoms in total. The van der Waals surface area contributed by atoms with E-state index < -0.39 is 9.05 Å². The summed E-state index contributed by atoms with van der Waals surface area (Å²) in [4.78, 5) is 0.0318.